The quantitative estimate of drug-likeness (QED) is 0.739. The molecule has 1 aromatic carbocycles. The molecule has 4 atom stereocenters. The second-order valence-electron chi connectivity index (χ2n) is 6.55. The standard InChI is InChI=1S/C17H20BrNO/c18-14(9-13-8-11-5-6-12(13)7-11)10-17-19-15-3-1-2-4-16(15)20-17/h1-4,11-14H,5-10H2. The second kappa shape index (κ2) is 5.18. The molecule has 0 aliphatic heterocycles. The third kappa shape index (κ3) is 2.41. The van der Waals surface area contributed by atoms with Gasteiger partial charge >= 0.3 is 0 Å². The number of aromatic nitrogens is 1. The molecule has 0 radical (unpaired) electrons. The summed E-state index contributed by atoms with van der Waals surface area (Å²) in [6.45, 7) is 0. The number of nitrogens with zero attached hydrogens (tertiary/aromatic N) is 1. The van der Waals surface area contributed by atoms with Gasteiger partial charge in [-0.25, -0.2) is 4.98 Å². The normalized spacial score (nSPS) is 30.1. The molecule has 0 N–H and O–H groups in total. The van der Waals surface area contributed by atoms with Crippen LogP contribution < -0.4 is 0 Å². The molecule has 2 saturated carbocycles. The monoisotopic (exact) mass is 333 g/mol. The van der Waals surface area contributed by atoms with Gasteiger partial charge < -0.3 is 4.42 Å². The van der Waals surface area contributed by atoms with Gasteiger partial charge in [-0.15, -0.1) is 0 Å². The number of fused-ring (bicyclic) bond motifs is 3. The minimum Gasteiger partial charge on any atom is -0.441 e. The SMILES string of the molecule is BrC(Cc1nc2ccccc2o1)CC1CC2CCC1C2. The number of para-hydroxylation sites is 2. The number of halogens is 1. The Balaban J connectivity index is 1.40. The molecular formula is C17H20BrNO. The van der Waals surface area contributed by atoms with Crippen molar-refractivity contribution in [2.75, 3.05) is 0 Å². The summed E-state index contributed by atoms with van der Waals surface area (Å²) in [6.07, 6.45) is 8.09. The van der Waals surface area contributed by atoms with Crippen LogP contribution in [0.15, 0.2) is 28.7 Å². The predicted molar refractivity (Wildman–Crippen MR) is 84.0 cm³/mol. The van der Waals surface area contributed by atoms with Gasteiger partial charge in [0.05, 0.1) is 0 Å². The molecule has 2 nitrogen and oxygen atoms in total. The summed E-state index contributed by atoms with van der Waals surface area (Å²) in [6, 6.07) is 8.01. The van der Waals surface area contributed by atoms with Crippen molar-refractivity contribution < 1.29 is 4.42 Å². The molecule has 2 aliphatic carbocycles. The van der Waals surface area contributed by atoms with Gasteiger partial charge in [0.25, 0.3) is 0 Å². The highest BCUT2D eigenvalue weighted by Crippen LogP contribution is 2.50. The summed E-state index contributed by atoms with van der Waals surface area (Å²) in [4.78, 5) is 5.08. The Bertz CT molecular complexity index is 575. The highest BCUT2D eigenvalue weighted by molar-refractivity contribution is 9.09. The van der Waals surface area contributed by atoms with Crippen LogP contribution >= 0.6 is 15.9 Å². The average molecular weight is 334 g/mol. The van der Waals surface area contributed by atoms with E-state index in [4.69, 9.17) is 4.42 Å². The van der Waals surface area contributed by atoms with Crippen LogP contribution in [-0.2, 0) is 6.42 Å². The molecule has 4 unspecified atom stereocenters. The Morgan fingerprint density at radius 2 is 2.15 bits per heavy atom. The summed E-state index contributed by atoms with van der Waals surface area (Å²) in [5.74, 6) is 3.84. The van der Waals surface area contributed by atoms with Gasteiger partial charge in [-0.3, -0.25) is 0 Å². The van der Waals surface area contributed by atoms with Crippen molar-refractivity contribution in [1.82, 2.24) is 4.98 Å². The van der Waals surface area contributed by atoms with Crippen LogP contribution in [0.3, 0.4) is 0 Å². The molecule has 4 rings (SSSR count). The van der Waals surface area contributed by atoms with E-state index in [2.05, 4.69) is 20.9 Å². The van der Waals surface area contributed by atoms with Crippen molar-refractivity contribution >= 4 is 27.0 Å². The van der Waals surface area contributed by atoms with Crippen LogP contribution in [0.2, 0.25) is 0 Å². The molecule has 2 aromatic rings. The minimum atomic E-state index is 0.500. The molecule has 2 aliphatic rings. The molecule has 106 valence electrons. The highest BCUT2D eigenvalue weighted by Gasteiger charge is 2.39. The summed E-state index contributed by atoms with van der Waals surface area (Å²) >= 11 is 3.85. The lowest BCUT2D eigenvalue weighted by Gasteiger charge is -2.23. The second-order valence-corrected chi connectivity index (χ2v) is 7.84. The van der Waals surface area contributed by atoms with E-state index < -0.39 is 0 Å². The molecule has 1 aromatic heterocycles. The Morgan fingerprint density at radius 1 is 1.25 bits per heavy atom. The van der Waals surface area contributed by atoms with E-state index in [0.29, 0.717) is 4.83 Å². The largest absolute Gasteiger partial charge is 0.441 e. The molecule has 0 spiro atoms. The lowest BCUT2D eigenvalue weighted by atomic mass is 9.85. The third-order valence-corrected chi connectivity index (χ3v) is 5.87. The molecule has 1 heterocycles. The Morgan fingerprint density at radius 3 is 2.90 bits per heavy atom. The van der Waals surface area contributed by atoms with E-state index >= 15 is 0 Å². The van der Waals surface area contributed by atoms with E-state index in [1.54, 1.807) is 0 Å². The van der Waals surface area contributed by atoms with E-state index in [-0.39, 0.29) is 0 Å². The van der Waals surface area contributed by atoms with Crippen molar-refractivity contribution in [2.45, 2.75) is 43.4 Å². The van der Waals surface area contributed by atoms with Gasteiger partial charge in [-0.2, -0.15) is 0 Å². The number of hydrogen-bond acceptors (Lipinski definition) is 2. The molecule has 2 fully saturated rings. The van der Waals surface area contributed by atoms with Crippen LogP contribution in [0, 0.1) is 17.8 Å². The first-order chi connectivity index (χ1) is 9.78. The topological polar surface area (TPSA) is 26.0 Å². The number of benzene rings is 1. The number of alkyl halides is 1. The van der Waals surface area contributed by atoms with Crippen molar-refractivity contribution in [3.63, 3.8) is 0 Å². The average Bonchev–Trinajstić information content (AvgIpc) is 3.11. The fourth-order valence-electron chi connectivity index (χ4n) is 4.27. The van der Waals surface area contributed by atoms with E-state index in [9.17, 15) is 0 Å². The predicted octanol–water partition coefficient (Wildman–Crippen LogP) is 4.96. The minimum absolute atomic E-state index is 0.500. The lowest BCUT2D eigenvalue weighted by molar-refractivity contribution is 0.310. The van der Waals surface area contributed by atoms with Gasteiger partial charge in [-0.05, 0) is 55.6 Å². The number of rotatable bonds is 4. The summed E-state index contributed by atoms with van der Waals surface area (Å²) in [7, 11) is 0. The van der Waals surface area contributed by atoms with Crippen LogP contribution in [-0.4, -0.2) is 9.81 Å². The zero-order chi connectivity index (χ0) is 13.5. The molecule has 2 bridgehead atoms. The Labute approximate surface area is 128 Å². The summed E-state index contributed by atoms with van der Waals surface area (Å²) in [5.41, 5.74) is 1.88. The van der Waals surface area contributed by atoms with Gasteiger partial charge in [0.2, 0.25) is 0 Å². The molecular weight excluding hydrogens is 314 g/mol. The van der Waals surface area contributed by atoms with Crippen LogP contribution in [0.4, 0.5) is 0 Å². The van der Waals surface area contributed by atoms with Crippen molar-refractivity contribution in [2.24, 2.45) is 17.8 Å². The smallest absolute Gasteiger partial charge is 0.196 e. The number of hydrogen-bond donors (Lipinski definition) is 0. The zero-order valence-electron chi connectivity index (χ0n) is 11.6. The molecule has 3 heteroatoms. The molecule has 0 saturated heterocycles. The van der Waals surface area contributed by atoms with Crippen molar-refractivity contribution in [3.05, 3.63) is 30.2 Å². The molecule has 0 amide bonds. The first-order valence-electron chi connectivity index (χ1n) is 7.76. The van der Waals surface area contributed by atoms with Crippen molar-refractivity contribution in [1.29, 1.82) is 0 Å². The Hall–Kier alpha value is -0.830. The Kier molecular flexibility index (Phi) is 3.33. The maximum Gasteiger partial charge on any atom is 0.196 e. The van der Waals surface area contributed by atoms with E-state index in [1.807, 2.05) is 24.3 Å². The highest BCUT2D eigenvalue weighted by atomic mass is 79.9. The van der Waals surface area contributed by atoms with Crippen LogP contribution in [0.1, 0.15) is 38.0 Å². The number of oxazole rings is 1. The van der Waals surface area contributed by atoms with E-state index in [0.717, 1.165) is 41.2 Å². The zero-order valence-corrected chi connectivity index (χ0v) is 13.2. The van der Waals surface area contributed by atoms with Gasteiger partial charge in [0.1, 0.15) is 5.52 Å². The first kappa shape index (κ1) is 12.9. The summed E-state index contributed by atoms with van der Waals surface area (Å²) < 4.78 is 5.82. The van der Waals surface area contributed by atoms with Crippen molar-refractivity contribution in [3.8, 4) is 0 Å². The molecule has 20 heavy (non-hydrogen) atoms. The van der Waals surface area contributed by atoms with Crippen LogP contribution in [0.5, 0.6) is 0 Å². The van der Waals surface area contributed by atoms with Crippen LogP contribution in [0.25, 0.3) is 11.1 Å². The van der Waals surface area contributed by atoms with Gasteiger partial charge in [0.15, 0.2) is 11.5 Å². The van der Waals surface area contributed by atoms with Gasteiger partial charge in [-0.1, -0.05) is 34.5 Å². The maximum atomic E-state index is 5.82. The summed E-state index contributed by atoms with van der Waals surface area (Å²) in [5, 5.41) is 0. The fourth-order valence-corrected chi connectivity index (χ4v) is 5.03. The first-order valence-corrected chi connectivity index (χ1v) is 8.68. The maximum absolute atomic E-state index is 5.82. The third-order valence-electron chi connectivity index (χ3n) is 5.18. The van der Waals surface area contributed by atoms with E-state index in [1.165, 1.54) is 32.1 Å². The lowest BCUT2D eigenvalue weighted by Crippen LogP contribution is -2.16. The van der Waals surface area contributed by atoms with Gasteiger partial charge in [0, 0.05) is 11.2 Å². The fraction of sp³-hybridized carbons (Fsp3) is 0.588.